The van der Waals surface area contributed by atoms with Gasteiger partial charge in [-0.3, -0.25) is 4.79 Å². The van der Waals surface area contributed by atoms with Gasteiger partial charge in [-0.05, 0) is 60.9 Å². The average Bonchev–Trinajstić information content (AvgIpc) is 2.88. The number of ether oxygens (including phenoxy) is 1. The number of benzene rings is 2. The number of hydrogen-bond acceptors (Lipinski definition) is 4. The molecule has 1 amide bonds. The first-order chi connectivity index (χ1) is 16.7. The van der Waals surface area contributed by atoms with Gasteiger partial charge < -0.3 is 10.1 Å². The molecule has 0 bridgehead atoms. The Balaban J connectivity index is 1.42. The van der Waals surface area contributed by atoms with E-state index >= 15 is 0 Å². The zero-order chi connectivity index (χ0) is 23.3. The summed E-state index contributed by atoms with van der Waals surface area (Å²) in [7, 11) is 1.70. The monoisotopic (exact) mass is 455 g/mol. The lowest BCUT2D eigenvalue weighted by Gasteiger charge is -2.25. The van der Waals surface area contributed by atoms with Gasteiger partial charge in [-0.1, -0.05) is 62.4 Å². The first-order valence-electron chi connectivity index (χ1n) is 12.6. The summed E-state index contributed by atoms with van der Waals surface area (Å²) in [6.07, 6.45) is 10.1. The van der Waals surface area contributed by atoms with E-state index in [2.05, 4.69) is 29.6 Å². The molecule has 5 nitrogen and oxygen atoms in total. The summed E-state index contributed by atoms with van der Waals surface area (Å²) in [6, 6.07) is 16.4. The van der Waals surface area contributed by atoms with Crippen molar-refractivity contribution in [3.05, 3.63) is 71.0 Å². The Morgan fingerprint density at radius 2 is 1.85 bits per heavy atom. The van der Waals surface area contributed by atoms with Crippen molar-refractivity contribution < 1.29 is 9.53 Å². The van der Waals surface area contributed by atoms with Gasteiger partial charge in [-0.15, -0.1) is 0 Å². The molecule has 34 heavy (non-hydrogen) atoms. The van der Waals surface area contributed by atoms with Gasteiger partial charge in [0.05, 0.1) is 24.2 Å². The minimum Gasteiger partial charge on any atom is -0.497 e. The molecule has 0 radical (unpaired) electrons. The minimum atomic E-state index is 0.00365. The van der Waals surface area contributed by atoms with Gasteiger partial charge in [-0.25, -0.2) is 9.97 Å². The quantitative estimate of drug-likeness (QED) is 0.478. The fourth-order valence-electron chi connectivity index (χ4n) is 5.29. The summed E-state index contributed by atoms with van der Waals surface area (Å²) in [5.41, 5.74) is 6.44. The number of methoxy groups -OCH3 is 1. The van der Waals surface area contributed by atoms with Crippen LogP contribution in [-0.4, -0.2) is 23.0 Å². The highest BCUT2D eigenvalue weighted by Crippen LogP contribution is 2.36. The SMILES string of the molecule is COc1ccc2c(c1)CCc1nc(NC(=O)CCc3ccccc3)c(CC3CCCCC3)nc1-2. The zero-order valence-corrected chi connectivity index (χ0v) is 20.0. The number of fused-ring (bicyclic) bond motifs is 3. The molecule has 5 heteroatoms. The van der Waals surface area contributed by atoms with Crippen molar-refractivity contribution in [1.82, 2.24) is 9.97 Å². The highest BCUT2D eigenvalue weighted by atomic mass is 16.5. The predicted molar refractivity (Wildman–Crippen MR) is 135 cm³/mol. The van der Waals surface area contributed by atoms with E-state index in [4.69, 9.17) is 14.7 Å². The topological polar surface area (TPSA) is 64.1 Å². The predicted octanol–water partition coefficient (Wildman–Crippen LogP) is 5.94. The molecule has 0 spiro atoms. The van der Waals surface area contributed by atoms with Crippen LogP contribution < -0.4 is 10.1 Å². The average molecular weight is 456 g/mol. The zero-order valence-electron chi connectivity index (χ0n) is 20.0. The third-order valence-electron chi connectivity index (χ3n) is 7.19. The molecule has 0 unspecified atom stereocenters. The molecule has 1 saturated carbocycles. The third kappa shape index (κ3) is 5.14. The van der Waals surface area contributed by atoms with Crippen molar-refractivity contribution >= 4 is 11.7 Å². The van der Waals surface area contributed by atoms with Crippen molar-refractivity contribution in [3.8, 4) is 17.0 Å². The van der Waals surface area contributed by atoms with Crippen LogP contribution in [0.25, 0.3) is 11.3 Å². The van der Waals surface area contributed by atoms with E-state index in [1.165, 1.54) is 43.2 Å². The van der Waals surface area contributed by atoms with Crippen molar-refractivity contribution in [3.63, 3.8) is 0 Å². The van der Waals surface area contributed by atoms with Crippen LogP contribution in [0, 0.1) is 5.92 Å². The van der Waals surface area contributed by atoms with Gasteiger partial charge in [-0.2, -0.15) is 0 Å². The Hall–Kier alpha value is -3.21. The maximum absolute atomic E-state index is 12.9. The molecule has 0 saturated heterocycles. The normalized spacial score (nSPS) is 15.3. The summed E-state index contributed by atoms with van der Waals surface area (Å²) >= 11 is 0. The van der Waals surface area contributed by atoms with Gasteiger partial charge in [0.2, 0.25) is 5.91 Å². The van der Waals surface area contributed by atoms with E-state index in [1.54, 1.807) is 7.11 Å². The van der Waals surface area contributed by atoms with E-state index in [1.807, 2.05) is 24.3 Å². The van der Waals surface area contributed by atoms with E-state index < -0.39 is 0 Å². The number of amides is 1. The molecule has 1 aromatic heterocycles. The van der Waals surface area contributed by atoms with Crippen LogP contribution in [0.5, 0.6) is 5.75 Å². The lowest BCUT2D eigenvalue weighted by Crippen LogP contribution is -2.20. The molecule has 1 fully saturated rings. The molecule has 5 rings (SSSR count). The van der Waals surface area contributed by atoms with Gasteiger partial charge in [0.25, 0.3) is 0 Å². The summed E-state index contributed by atoms with van der Waals surface area (Å²) in [4.78, 5) is 23.0. The van der Waals surface area contributed by atoms with E-state index in [9.17, 15) is 4.79 Å². The number of nitrogens with zero attached hydrogens (tertiary/aromatic N) is 2. The third-order valence-corrected chi connectivity index (χ3v) is 7.19. The smallest absolute Gasteiger partial charge is 0.225 e. The second-order valence-corrected chi connectivity index (χ2v) is 9.58. The maximum Gasteiger partial charge on any atom is 0.225 e. The lowest BCUT2D eigenvalue weighted by molar-refractivity contribution is -0.116. The number of rotatable bonds is 7. The second-order valence-electron chi connectivity index (χ2n) is 9.58. The number of carbonyl (C=O) groups excluding carboxylic acids is 1. The molecule has 3 aromatic rings. The van der Waals surface area contributed by atoms with Crippen LogP contribution in [0.2, 0.25) is 0 Å². The van der Waals surface area contributed by atoms with Crippen LogP contribution >= 0.6 is 0 Å². The highest BCUT2D eigenvalue weighted by molar-refractivity contribution is 5.90. The number of aryl methyl sites for hydroxylation is 3. The Kier molecular flexibility index (Phi) is 6.89. The first kappa shape index (κ1) is 22.6. The fraction of sp³-hybridized carbons (Fsp3) is 0.414. The molecule has 2 aliphatic rings. The summed E-state index contributed by atoms with van der Waals surface area (Å²) in [5.74, 6) is 2.16. The Bertz CT molecular complexity index is 1150. The molecular weight excluding hydrogens is 422 g/mol. The molecule has 176 valence electrons. The number of nitrogens with one attached hydrogen (secondary N) is 1. The number of hydrogen-bond donors (Lipinski definition) is 1. The van der Waals surface area contributed by atoms with Crippen LogP contribution in [-0.2, 0) is 30.5 Å². The Morgan fingerprint density at radius 1 is 1.03 bits per heavy atom. The van der Waals surface area contributed by atoms with Crippen molar-refractivity contribution in [2.45, 2.75) is 64.2 Å². The van der Waals surface area contributed by atoms with Crippen LogP contribution in [0.1, 0.15) is 61.0 Å². The molecular formula is C29H33N3O2. The van der Waals surface area contributed by atoms with Crippen LogP contribution in [0.3, 0.4) is 0 Å². The first-order valence-corrected chi connectivity index (χ1v) is 12.6. The number of anilines is 1. The van der Waals surface area contributed by atoms with Gasteiger partial charge in [0.1, 0.15) is 5.75 Å². The second kappa shape index (κ2) is 10.4. The van der Waals surface area contributed by atoms with Crippen LogP contribution in [0.15, 0.2) is 48.5 Å². The molecule has 2 aromatic carbocycles. The minimum absolute atomic E-state index is 0.00365. The van der Waals surface area contributed by atoms with Crippen molar-refractivity contribution in [2.75, 3.05) is 12.4 Å². The lowest BCUT2D eigenvalue weighted by atomic mass is 9.85. The molecule has 0 atom stereocenters. The largest absolute Gasteiger partial charge is 0.497 e. The molecule has 1 heterocycles. The van der Waals surface area contributed by atoms with E-state index in [-0.39, 0.29) is 5.91 Å². The van der Waals surface area contributed by atoms with E-state index in [0.717, 1.165) is 54.1 Å². The van der Waals surface area contributed by atoms with Crippen molar-refractivity contribution in [1.29, 1.82) is 0 Å². The fourth-order valence-corrected chi connectivity index (χ4v) is 5.29. The molecule has 2 aliphatic carbocycles. The van der Waals surface area contributed by atoms with Gasteiger partial charge in [0.15, 0.2) is 5.82 Å². The number of aromatic nitrogens is 2. The standard InChI is InChI=1S/C29H33N3O2/c1-34-23-14-15-24-22(19-23)13-16-25-28(24)30-26(18-21-10-6-3-7-11-21)29(31-25)32-27(33)17-12-20-8-4-2-5-9-20/h2,4-5,8-9,14-15,19,21H,3,6-7,10-13,16-18H2,1H3,(H,31,32,33). The van der Waals surface area contributed by atoms with Gasteiger partial charge >= 0.3 is 0 Å². The summed E-state index contributed by atoms with van der Waals surface area (Å²) < 4.78 is 5.43. The van der Waals surface area contributed by atoms with Crippen LogP contribution in [0.4, 0.5) is 5.82 Å². The molecule has 1 N–H and O–H groups in total. The maximum atomic E-state index is 12.9. The molecule has 0 aliphatic heterocycles. The number of carbonyl (C=O) groups is 1. The highest BCUT2D eigenvalue weighted by Gasteiger charge is 2.25. The van der Waals surface area contributed by atoms with Crippen molar-refractivity contribution in [2.24, 2.45) is 5.92 Å². The van der Waals surface area contributed by atoms with Gasteiger partial charge in [0, 0.05) is 12.0 Å². The summed E-state index contributed by atoms with van der Waals surface area (Å²) in [5, 5.41) is 3.13. The van der Waals surface area contributed by atoms with E-state index in [0.29, 0.717) is 18.2 Å². The summed E-state index contributed by atoms with van der Waals surface area (Å²) in [6.45, 7) is 0. The Labute approximate surface area is 202 Å². The Morgan fingerprint density at radius 3 is 2.65 bits per heavy atom.